The summed E-state index contributed by atoms with van der Waals surface area (Å²) in [7, 11) is 0. The molecule has 0 saturated heterocycles. The number of carbonyl (C=O) groups excluding carboxylic acids is 1. The summed E-state index contributed by atoms with van der Waals surface area (Å²) in [6.45, 7) is 0.342. The average Bonchev–Trinajstić information content (AvgIpc) is 2.71. The van der Waals surface area contributed by atoms with Crippen molar-refractivity contribution in [3.63, 3.8) is 0 Å². The highest BCUT2D eigenvalue weighted by Crippen LogP contribution is 2.40. The number of benzene rings is 2. The Morgan fingerprint density at radius 2 is 1.68 bits per heavy atom. The van der Waals surface area contributed by atoms with Gasteiger partial charge in [0.25, 0.3) is 5.91 Å². The zero-order valence-electron chi connectivity index (χ0n) is 15.9. The molecule has 2 aromatic rings. The van der Waals surface area contributed by atoms with Crippen molar-refractivity contribution in [2.75, 3.05) is 6.54 Å². The van der Waals surface area contributed by atoms with E-state index in [1.165, 1.54) is 5.56 Å². The molecule has 1 aliphatic carbocycles. The second kappa shape index (κ2) is 9.51. The number of carbonyl (C=O) groups is 2. The molecule has 148 valence electrons. The fourth-order valence-electron chi connectivity index (χ4n) is 3.99. The highest BCUT2D eigenvalue weighted by atomic mass is 16.4. The van der Waals surface area contributed by atoms with Crippen LogP contribution in [0.4, 0.5) is 0 Å². The maximum Gasteiger partial charge on any atom is 0.303 e. The number of carboxylic acids is 1. The van der Waals surface area contributed by atoms with Crippen molar-refractivity contribution in [2.24, 2.45) is 0 Å². The minimum absolute atomic E-state index is 0.0444. The molecular weight excluding hydrogens is 354 g/mol. The van der Waals surface area contributed by atoms with Gasteiger partial charge in [0.1, 0.15) is 0 Å². The number of aliphatic carboxylic acids is 1. The van der Waals surface area contributed by atoms with Crippen LogP contribution in [0.3, 0.4) is 0 Å². The zero-order chi connectivity index (χ0) is 19.9. The molecule has 0 spiro atoms. The summed E-state index contributed by atoms with van der Waals surface area (Å²) in [6.07, 6.45) is 2.77. The van der Waals surface area contributed by atoms with Gasteiger partial charge in [-0.2, -0.15) is 0 Å². The van der Waals surface area contributed by atoms with Gasteiger partial charge in [0.05, 0.1) is 6.10 Å². The number of aliphatic hydroxyl groups is 1. The molecule has 3 atom stereocenters. The monoisotopic (exact) mass is 381 g/mol. The van der Waals surface area contributed by atoms with Crippen LogP contribution in [0.2, 0.25) is 0 Å². The van der Waals surface area contributed by atoms with Crippen LogP contribution >= 0.6 is 0 Å². The molecule has 1 aliphatic rings. The first-order valence-electron chi connectivity index (χ1n) is 9.87. The maximum absolute atomic E-state index is 12.1. The zero-order valence-corrected chi connectivity index (χ0v) is 15.9. The lowest BCUT2D eigenvalue weighted by atomic mass is 9.74. The highest BCUT2D eigenvalue weighted by Gasteiger charge is 2.30. The SMILES string of the molecule is O=C(O)CCCNC(=O)c1ccc([C@H]2CC[C@H](c3ccccc3)C[C@@H]2O)cc1. The number of amides is 1. The van der Waals surface area contributed by atoms with Crippen molar-refractivity contribution in [1.29, 1.82) is 0 Å². The molecule has 0 bridgehead atoms. The Labute approximate surface area is 165 Å². The molecule has 0 heterocycles. The van der Waals surface area contributed by atoms with E-state index >= 15 is 0 Å². The van der Waals surface area contributed by atoms with E-state index in [1.807, 2.05) is 30.3 Å². The number of hydrogen-bond acceptors (Lipinski definition) is 3. The van der Waals surface area contributed by atoms with Gasteiger partial charge >= 0.3 is 5.97 Å². The van der Waals surface area contributed by atoms with Gasteiger partial charge in [-0.3, -0.25) is 9.59 Å². The summed E-state index contributed by atoms with van der Waals surface area (Å²) < 4.78 is 0. The van der Waals surface area contributed by atoms with Crippen LogP contribution in [-0.2, 0) is 4.79 Å². The molecule has 3 rings (SSSR count). The van der Waals surface area contributed by atoms with E-state index < -0.39 is 12.1 Å². The standard InChI is InChI=1S/C23H27NO4/c25-21-15-19(16-5-2-1-3-6-16)12-13-20(21)17-8-10-18(11-9-17)23(28)24-14-4-7-22(26)27/h1-3,5-6,8-11,19-21,25H,4,7,12-15H2,(H,24,28)(H,26,27)/t19-,20+,21-/m0/s1. The Morgan fingerprint density at radius 3 is 2.32 bits per heavy atom. The van der Waals surface area contributed by atoms with E-state index in [0.717, 1.165) is 24.8 Å². The summed E-state index contributed by atoms with van der Waals surface area (Å²) in [4.78, 5) is 22.6. The third kappa shape index (κ3) is 5.20. The summed E-state index contributed by atoms with van der Waals surface area (Å²) in [5, 5.41) is 22.0. The van der Waals surface area contributed by atoms with Gasteiger partial charge in [0.15, 0.2) is 0 Å². The van der Waals surface area contributed by atoms with E-state index in [2.05, 4.69) is 17.4 Å². The quantitative estimate of drug-likeness (QED) is 0.639. The Morgan fingerprint density at radius 1 is 0.964 bits per heavy atom. The van der Waals surface area contributed by atoms with Crippen LogP contribution < -0.4 is 5.32 Å². The van der Waals surface area contributed by atoms with Gasteiger partial charge in [-0.15, -0.1) is 0 Å². The Hall–Kier alpha value is -2.66. The lowest BCUT2D eigenvalue weighted by Crippen LogP contribution is -2.27. The van der Waals surface area contributed by atoms with Crippen LogP contribution in [0.5, 0.6) is 0 Å². The third-order valence-corrected chi connectivity index (χ3v) is 5.54. The van der Waals surface area contributed by atoms with E-state index in [4.69, 9.17) is 5.11 Å². The number of rotatable bonds is 7. The first kappa shape index (κ1) is 20.1. The highest BCUT2D eigenvalue weighted by molar-refractivity contribution is 5.94. The van der Waals surface area contributed by atoms with E-state index in [0.29, 0.717) is 24.4 Å². The van der Waals surface area contributed by atoms with Crippen LogP contribution in [0.15, 0.2) is 54.6 Å². The first-order chi connectivity index (χ1) is 13.5. The van der Waals surface area contributed by atoms with Crippen molar-refractivity contribution >= 4 is 11.9 Å². The van der Waals surface area contributed by atoms with E-state index in [1.54, 1.807) is 12.1 Å². The Balaban J connectivity index is 1.55. The molecular formula is C23H27NO4. The Kier molecular flexibility index (Phi) is 6.82. The van der Waals surface area contributed by atoms with Crippen molar-refractivity contribution < 1.29 is 19.8 Å². The first-order valence-corrected chi connectivity index (χ1v) is 9.87. The van der Waals surface area contributed by atoms with Crippen LogP contribution in [0.1, 0.15) is 65.4 Å². The molecule has 1 saturated carbocycles. The van der Waals surface area contributed by atoms with Crippen molar-refractivity contribution in [3.05, 3.63) is 71.3 Å². The topological polar surface area (TPSA) is 86.6 Å². The molecule has 5 nitrogen and oxygen atoms in total. The fraction of sp³-hybridized carbons (Fsp3) is 0.391. The molecule has 28 heavy (non-hydrogen) atoms. The van der Waals surface area contributed by atoms with E-state index in [9.17, 15) is 14.7 Å². The second-order valence-electron chi connectivity index (χ2n) is 7.47. The molecule has 0 aromatic heterocycles. The second-order valence-corrected chi connectivity index (χ2v) is 7.47. The average molecular weight is 381 g/mol. The van der Waals surface area contributed by atoms with Gasteiger partial charge in [-0.1, -0.05) is 42.5 Å². The van der Waals surface area contributed by atoms with Crippen molar-refractivity contribution in [1.82, 2.24) is 5.32 Å². The summed E-state index contributed by atoms with van der Waals surface area (Å²) in [6, 6.07) is 17.7. The largest absolute Gasteiger partial charge is 0.481 e. The van der Waals surface area contributed by atoms with Gasteiger partial charge in [-0.25, -0.2) is 0 Å². The van der Waals surface area contributed by atoms with Crippen LogP contribution in [0, 0.1) is 0 Å². The maximum atomic E-state index is 12.1. The molecule has 0 aliphatic heterocycles. The number of hydrogen-bond donors (Lipinski definition) is 3. The summed E-state index contributed by atoms with van der Waals surface area (Å²) in [5.74, 6) is -0.583. The van der Waals surface area contributed by atoms with Gasteiger partial charge in [-0.05, 0) is 54.9 Å². The number of nitrogens with one attached hydrogen (secondary N) is 1. The van der Waals surface area contributed by atoms with Crippen molar-refractivity contribution in [2.45, 2.75) is 50.0 Å². The number of aliphatic hydroxyl groups excluding tert-OH is 1. The predicted octanol–water partition coefficient (Wildman–Crippen LogP) is 3.69. The molecule has 0 radical (unpaired) electrons. The number of carboxylic acid groups (broad SMARTS) is 1. The van der Waals surface area contributed by atoms with Gasteiger partial charge in [0.2, 0.25) is 0 Å². The minimum Gasteiger partial charge on any atom is -0.481 e. The van der Waals surface area contributed by atoms with E-state index in [-0.39, 0.29) is 18.2 Å². The van der Waals surface area contributed by atoms with Gasteiger partial charge < -0.3 is 15.5 Å². The normalized spacial score (nSPS) is 21.8. The minimum atomic E-state index is -0.862. The van der Waals surface area contributed by atoms with Crippen molar-refractivity contribution in [3.8, 4) is 0 Å². The van der Waals surface area contributed by atoms with Crippen LogP contribution in [-0.4, -0.2) is 34.7 Å². The molecule has 0 unspecified atom stereocenters. The molecule has 1 amide bonds. The third-order valence-electron chi connectivity index (χ3n) is 5.54. The fourth-order valence-corrected chi connectivity index (χ4v) is 3.99. The smallest absolute Gasteiger partial charge is 0.303 e. The molecule has 3 N–H and O–H groups in total. The lowest BCUT2D eigenvalue weighted by molar-refractivity contribution is -0.137. The van der Waals surface area contributed by atoms with Crippen LogP contribution in [0.25, 0.3) is 0 Å². The summed E-state index contributed by atoms with van der Waals surface area (Å²) in [5.41, 5.74) is 2.89. The van der Waals surface area contributed by atoms with Gasteiger partial charge in [0, 0.05) is 24.4 Å². The lowest BCUT2D eigenvalue weighted by Gasteiger charge is -2.33. The molecule has 1 fully saturated rings. The molecule has 5 heteroatoms. The predicted molar refractivity (Wildman–Crippen MR) is 107 cm³/mol. The Bertz CT molecular complexity index is 788. The molecule has 2 aromatic carbocycles. The summed E-state index contributed by atoms with van der Waals surface area (Å²) >= 11 is 0.